The first-order valence-electron chi connectivity index (χ1n) is 7.97. The molecule has 6 nitrogen and oxygen atoms in total. The van der Waals surface area contributed by atoms with Crippen molar-refractivity contribution in [2.75, 3.05) is 19.6 Å². The van der Waals surface area contributed by atoms with Gasteiger partial charge in [-0.3, -0.25) is 4.79 Å². The molecule has 1 saturated heterocycles. The third-order valence-electron chi connectivity index (χ3n) is 3.83. The average molecular weight is 356 g/mol. The van der Waals surface area contributed by atoms with E-state index >= 15 is 0 Å². The molecule has 2 amide bonds. The van der Waals surface area contributed by atoms with Crippen molar-refractivity contribution in [3.8, 4) is 5.75 Å². The van der Waals surface area contributed by atoms with Crippen molar-refractivity contribution in [3.05, 3.63) is 29.3 Å². The maximum atomic E-state index is 13.9. The van der Waals surface area contributed by atoms with Crippen LogP contribution in [0.5, 0.6) is 5.75 Å². The van der Waals surface area contributed by atoms with Gasteiger partial charge < -0.3 is 19.6 Å². The fourth-order valence-corrected chi connectivity index (χ4v) is 2.63. The third-order valence-corrected chi connectivity index (χ3v) is 3.83. The minimum Gasteiger partial charge on any atom is -0.505 e. The van der Waals surface area contributed by atoms with E-state index in [1.165, 1.54) is 9.80 Å². The molecule has 1 heterocycles. The Morgan fingerprint density at radius 3 is 2.44 bits per heavy atom. The van der Waals surface area contributed by atoms with Gasteiger partial charge in [-0.25, -0.2) is 13.6 Å². The van der Waals surface area contributed by atoms with Gasteiger partial charge in [0, 0.05) is 25.7 Å². The number of carbonyl (C=O) groups excluding carboxylic acids is 2. The lowest BCUT2D eigenvalue weighted by molar-refractivity contribution is 0.00181. The second-order valence-corrected chi connectivity index (χ2v) is 7.03. The lowest BCUT2D eigenvalue weighted by Crippen LogP contribution is -2.56. The van der Waals surface area contributed by atoms with Gasteiger partial charge in [0.25, 0.3) is 5.91 Å². The van der Waals surface area contributed by atoms with Crippen LogP contribution in [0.15, 0.2) is 12.1 Å². The Morgan fingerprint density at radius 2 is 1.88 bits per heavy atom. The van der Waals surface area contributed by atoms with Crippen LogP contribution in [-0.2, 0) is 4.74 Å². The van der Waals surface area contributed by atoms with Gasteiger partial charge in [0.2, 0.25) is 0 Å². The van der Waals surface area contributed by atoms with E-state index in [0.29, 0.717) is 0 Å². The van der Waals surface area contributed by atoms with Crippen LogP contribution >= 0.6 is 0 Å². The molecule has 0 saturated carbocycles. The predicted molar refractivity (Wildman–Crippen MR) is 86.3 cm³/mol. The molecule has 1 aliphatic rings. The summed E-state index contributed by atoms with van der Waals surface area (Å²) in [6.45, 7) is 7.38. The Labute approximate surface area is 145 Å². The first-order valence-corrected chi connectivity index (χ1v) is 7.97. The van der Waals surface area contributed by atoms with Crippen molar-refractivity contribution in [1.29, 1.82) is 0 Å². The van der Waals surface area contributed by atoms with Crippen LogP contribution in [0.25, 0.3) is 0 Å². The number of hydrogen-bond donors (Lipinski definition) is 1. The standard InChI is InChI=1S/C17H22F2N2O4/c1-10-9-20(7-8-21(10)16(24)25-17(2,3)4)15(23)13-11(18)5-6-12(22)14(13)19/h5-6,10,22H,7-9H2,1-4H3/t10-/m0/s1. The molecule has 8 heteroatoms. The number of hydrogen-bond acceptors (Lipinski definition) is 4. The molecule has 1 aromatic carbocycles. The van der Waals surface area contributed by atoms with Crippen LogP contribution in [0.1, 0.15) is 38.1 Å². The third kappa shape index (κ3) is 4.18. The second-order valence-electron chi connectivity index (χ2n) is 7.03. The topological polar surface area (TPSA) is 70.1 Å². The maximum absolute atomic E-state index is 13.9. The molecule has 2 rings (SSSR count). The largest absolute Gasteiger partial charge is 0.505 e. The van der Waals surface area contributed by atoms with E-state index in [-0.39, 0.29) is 25.7 Å². The lowest BCUT2D eigenvalue weighted by Gasteiger charge is -2.40. The molecule has 1 N–H and O–H groups in total. The first-order chi connectivity index (χ1) is 11.5. The number of phenolic OH excluding ortho intramolecular Hbond substituents is 1. The van der Waals surface area contributed by atoms with Crippen molar-refractivity contribution in [2.24, 2.45) is 0 Å². The van der Waals surface area contributed by atoms with E-state index in [2.05, 4.69) is 0 Å². The van der Waals surface area contributed by atoms with E-state index in [4.69, 9.17) is 4.74 Å². The summed E-state index contributed by atoms with van der Waals surface area (Å²) in [5.41, 5.74) is -1.43. The molecule has 0 bridgehead atoms. The number of ether oxygens (including phenoxy) is 1. The minimum atomic E-state index is -1.28. The molecule has 0 aliphatic carbocycles. The molecular weight excluding hydrogens is 334 g/mol. The number of nitrogens with zero attached hydrogens (tertiary/aromatic N) is 2. The van der Waals surface area contributed by atoms with Crippen LogP contribution in [0.4, 0.5) is 13.6 Å². The number of rotatable bonds is 1. The Hall–Kier alpha value is -2.38. The zero-order valence-corrected chi connectivity index (χ0v) is 14.7. The van der Waals surface area contributed by atoms with Crippen LogP contribution in [0, 0.1) is 11.6 Å². The number of piperazine rings is 1. The Balaban J connectivity index is 2.12. The summed E-state index contributed by atoms with van der Waals surface area (Å²) in [4.78, 5) is 27.3. The molecule has 1 fully saturated rings. The Morgan fingerprint density at radius 1 is 1.24 bits per heavy atom. The van der Waals surface area contributed by atoms with Gasteiger partial charge in [0.15, 0.2) is 11.6 Å². The van der Waals surface area contributed by atoms with Crippen molar-refractivity contribution in [1.82, 2.24) is 9.80 Å². The molecule has 1 atom stereocenters. The lowest BCUT2D eigenvalue weighted by atomic mass is 10.1. The number of phenols is 1. The fraction of sp³-hybridized carbons (Fsp3) is 0.529. The molecule has 138 valence electrons. The molecule has 1 aromatic rings. The van der Waals surface area contributed by atoms with E-state index in [1.54, 1.807) is 27.7 Å². The van der Waals surface area contributed by atoms with E-state index < -0.39 is 40.5 Å². The van der Waals surface area contributed by atoms with Gasteiger partial charge in [0.1, 0.15) is 17.0 Å². The number of amides is 2. The molecule has 0 aromatic heterocycles. The zero-order chi connectivity index (χ0) is 18.9. The molecule has 0 spiro atoms. The number of benzene rings is 1. The summed E-state index contributed by atoms with van der Waals surface area (Å²) in [6, 6.07) is 1.31. The van der Waals surface area contributed by atoms with Crippen LogP contribution in [0.3, 0.4) is 0 Å². The second kappa shape index (κ2) is 6.85. The van der Waals surface area contributed by atoms with E-state index in [1.807, 2.05) is 0 Å². The van der Waals surface area contributed by atoms with Gasteiger partial charge in [-0.2, -0.15) is 0 Å². The van der Waals surface area contributed by atoms with Gasteiger partial charge in [-0.05, 0) is 39.8 Å². The Kier molecular flexibility index (Phi) is 5.20. The number of carbonyl (C=O) groups is 2. The van der Waals surface area contributed by atoms with Gasteiger partial charge in [-0.1, -0.05) is 0 Å². The molecular formula is C17H22F2N2O4. The van der Waals surface area contributed by atoms with E-state index in [9.17, 15) is 23.5 Å². The van der Waals surface area contributed by atoms with Gasteiger partial charge >= 0.3 is 6.09 Å². The quantitative estimate of drug-likeness (QED) is 0.840. The van der Waals surface area contributed by atoms with Crippen molar-refractivity contribution in [2.45, 2.75) is 39.3 Å². The highest BCUT2D eigenvalue weighted by Gasteiger charge is 2.34. The fourth-order valence-electron chi connectivity index (χ4n) is 2.63. The van der Waals surface area contributed by atoms with Crippen molar-refractivity contribution < 1.29 is 28.2 Å². The summed E-state index contributed by atoms with van der Waals surface area (Å²) >= 11 is 0. The minimum absolute atomic E-state index is 0.104. The summed E-state index contributed by atoms with van der Waals surface area (Å²) in [7, 11) is 0. The monoisotopic (exact) mass is 356 g/mol. The first kappa shape index (κ1) is 19.0. The van der Waals surface area contributed by atoms with Crippen LogP contribution in [0.2, 0.25) is 0 Å². The SMILES string of the molecule is C[C@H]1CN(C(=O)c2c(F)ccc(O)c2F)CCN1C(=O)OC(C)(C)C. The summed E-state index contributed by atoms with van der Waals surface area (Å²) in [5, 5.41) is 9.36. The smallest absolute Gasteiger partial charge is 0.410 e. The summed E-state index contributed by atoms with van der Waals surface area (Å²) in [5.74, 6) is -3.97. The highest BCUT2D eigenvalue weighted by Crippen LogP contribution is 2.24. The highest BCUT2D eigenvalue weighted by molar-refractivity contribution is 5.95. The van der Waals surface area contributed by atoms with Gasteiger partial charge in [-0.15, -0.1) is 0 Å². The number of aromatic hydroxyl groups is 1. The molecule has 1 aliphatic heterocycles. The van der Waals surface area contributed by atoms with Crippen LogP contribution < -0.4 is 0 Å². The molecule has 0 radical (unpaired) electrons. The zero-order valence-electron chi connectivity index (χ0n) is 14.7. The van der Waals surface area contributed by atoms with E-state index in [0.717, 1.165) is 12.1 Å². The Bertz CT molecular complexity index is 688. The summed E-state index contributed by atoms with van der Waals surface area (Å²) < 4.78 is 33.1. The maximum Gasteiger partial charge on any atom is 0.410 e. The number of halogens is 2. The van der Waals surface area contributed by atoms with Crippen molar-refractivity contribution >= 4 is 12.0 Å². The van der Waals surface area contributed by atoms with Gasteiger partial charge in [0.05, 0.1) is 0 Å². The summed E-state index contributed by atoms with van der Waals surface area (Å²) in [6.07, 6.45) is -0.498. The highest BCUT2D eigenvalue weighted by atomic mass is 19.1. The predicted octanol–water partition coefficient (Wildman–Crippen LogP) is 2.75. The average Bonchev–Trinajstić information content (AvgIpc) is 2.49. The van der Waals surface area contributed by atoms with Crippen LogP contribution in [-0.4, -0.2) is 58.2 Å². The van der Waals surface area contributed by atoms with Crippen molar-refractivity contribution in [3.63, 3.8) is 0 Å². The molecule has 0 unspecified atom stereocenters. The normalized spacial score (nSPS) is 18.2. The molecule has 25 heavy (non-hydrogen) atoms.